The van der Waals surface area contributed by atoms with Crippen LogP contribution in [0, 0.1) is 0 Å². The number of rotatable bonds is 7. The van der Waals surface area contributed by atoms with E-state index >= 15 is 0 Å². The smallest absolute Gasteiger partial charge is 0.497 e. The summed E-state index contributed by atoms with van der Waals surface area (Å²) in [6, 6.07) is 15.1. The molecule has 0 atom stereocenters. The van der Waals surface area contributed by atoms with E-state index in [1.54, 1.807) is 19.2 Å². The fraction of sp³-hybridized carbons (Fsp3) is 0.333. The van der Waals surface area contributed by atoms with E-state index in [0.29, 0.717) is 28.8 Å². The van der Waals surface area contributed by atoms with Crippen LogP contribution in [0.15, 0.2) is 54.6 Å². The lowest BCUT2D eigenvalue weighted by Gasteiger charge is -2.23. The number of nitrogens with zero attached hydrogens (tertiary/aromatic N) is 2. The quantitative estimate of drug-likeness (QED) is 0.419. The Morgan fingerprint density at radius 2 is 1.67 bits per heavy atom. The van der Waals surface area contributed by atoms with Gasteiger partial charge in [-0.15, -0.1) is 13.2 Å². The summed E-state index contributed by atoms with van der Waals surface area (Å²) in [7, 11) is 1.59. The molecule has 1 aliphatic carbocycles. The van der Waals surface area contributed by atoms with Crippen molar-refractivity contribution in [1.29, 1.82) is 0 Å². The summed E-state index contributed by atoms with van der Waals surface area (Å²) in [6.45, 7) is 0. The number of methoxy groups -OCH3 is 1. The minimum Gasteiger partial charge on any atom is -0.497 e. The maximum Gasteiger partial charge on any atom is 0.573 e. The molecule has 3 aromatic rings. The first-order valence-electron chi connectivity index (χ1n) is 10.8. The summed E-state index contributed by atoms with van der Waals surface area (Å²) >= 11 is 0. The van der Waals surface area contributed by atoms with E-state index in [4.69, 9.17) is 4.74 Å². The van der Waals surface area contributed by atoms with Crippen molar-refractivity contribution < 1.29 is 22.6 Å². The lowest BCUT2D eigenvalue weighted by molar-refractivity contribution is -0.274. The molecule has 0 unspecified atom stereocenters. The minimum absolute atomic E-state index is 0.263. The zero-order valence-electron chi connectivity index (χ0n) is 18.2. The van der Waals surface area contributed by atoms with E-state index in [-0.39, 0.29) is 11.8 Å². The fourth-order valence-corrected chi connectivity index (χ4v) is 3.85. The number of hydrogen-bond donors (Lipinski definition) is 2. The Labute approximate surface area is 190 Å². The van der Waals surface area contributed by atoms with Crippen LogP contribution in [0.4, 0.5) is 30.6 Å². The van der Waals surface area contributed by atoms with Crippen molar-refractivity contribution >= 4 is 17.5 Å². The van der Waals surface area contributed by atoms with Gasteiger partial charge in [0.1, 0.15) is 17.3 Å². The summed E-state index contributed by atoms with van der Waals surface area (Å²) in [5, 5.41) is 6.63. The van der Waals surface area contributed by atoms with Crippen LogP contribution in [-0.2, 0) is 0 Å². The van der Waals surface area contributed by atoms with Crippen molar-refractivity contribution in [3.05, 3.63) is 54.6 Å². The third-order valence-corrected chi connectivity index (χ3v) is 5.37. The van der Waals surface area contributed by atoms with Crippen LogP contribution in [0.2, 0.25) is 0 Å². The third-order valence-electron chi connectivity index (χ3n) is 5.37. The van der Waals surface area contributed by atoms with Gasteiger partial charge >= 0.3 is 6.36 Å². The first-order chi connectivity index (χ1) is 15.9. The number of anilines is 3. The lowest BCUT2D eigenvalue weighted by atomic mass is 9.96. The van der Waals surface area contributed by atoms with Crippen LogP contribution in [0.25, 0.3) is 11.3 Å². The highest BCUT2D eigenvalue weighted by Crippen LogP contribution is 2.30. The number of halogens is 3. The number of ether oxygens (including phenoxy) is 2. The van der Waals surface area contributed by atoms with Gasteiger partial charge in [0, 0.05) is 29.4 Å². The van der Waals surface area contributed by atoms with Gasteiger partial charge in [-0.1, -0.05) is 37.5 Å². The molecule has 1 fully saturated rings. The molecule has 0 saturated heterocycles. The molecule has 4 rings (SSSR count). The first-order valence-corrected chi connectivity index (χ1v) is 10.8. The van der Waals surface area contributed by atoms with Gasteiger partial charge in [-0.25, -0.2) is 4.98 Å². The molecule has 0 amide bonds. The van der Waals surface area contributed by atoms with Crippen LogP contribution in [0.5, 0.6) is 11.5 Å². The maximum absolute atomic E-state index is 12.7. The van der Waals surface area contributed by atoms with Crippen LogP contribution in [-0.4, -0.2) is 29.5 Å². The normalized spacial score (nSPS) is 14.5. The van der Waals surface area contributed by atoms with E-state index in [0.717, 1.165) is 31.4 Å². The Kier molecular flexibility index (Phi) is 6.86. The zero-order chi connectivity index (χ0) is 23.3. The van der Waals surface area contributed by atoms with E-state index in [2.05, 4.69) is 25.3 Å². The number of hydrogen-bond acceptors (Lipinski definition) is 6. The molecular formula is C24H25F3N4O2. The largest absolute Gasteiger partial charge is 0.573 e. The number of alkyl halides is 3. The summed E-state index contributed by atoms with van der Waals surface area (Å²) < 4.78 is 47.4. The summed E-state index contributed by atoms with van der Waals surface area (Å²) in [4.78, 5) is 9.19. The van der Waals surface area contributed by atoms with E-state index in [1.807, 2.05) is 24.3 Å². The Bertz CT molecular complexity index is 1090. The Hall–Kier alpha value is -3.49. The van der Waals surface area contributed by atoms with Crippen LogP contribution >= 0.6 is 0 Å². The molecule has 2 N–H and O–H groups in total. The Balaban J connectivity index is 1.67. The second-order valence-electron chi connectivity index (χ2n) is 7.87. The van der Waals surface area contributed by atoms with Gasteiger partial charge in [0.25, 0.3) is 0 Å². The molecule has 0 bridgehead atoms. The van der Waals surface area contributed by atoms with Gasteiger partial charge in [-0.05, 0) is 37.1 Å². The van der Waals surface area contributed by atoms with Gasteiger partial charge in [-0.2, -0.15) is 4.98 Å². The predicted molar refractivity (Wildman–Crippen MR) is 121 cm³/mol. The van der Waals surface area contributed by atoms with Crippen LogP contribution < -0.4 is 20.1 Å². The number of nitrogens with one attached hydrogen (secondary N) is 2. The highest BCUT2D eigenvalue weighted by Gasteiger charge is 2.31. The molecule has 1 heterocycles. The summed E-state index contributed by atoms with van der Waals surface area (Å²) in [6.07, 6.45) is 0.791. The van der Waals surface area contributed by atoms with Crippen LogP contribution in [0.3, 0.4) is 0 Å². The highest BCUT2D eigenvalue weighted by molar-refractivity contribution is 5.68. The maximum atomic E-state index is 12.7. The molecule has 174 valence electrons. The van der Waals surface area contributed by atoms with Crippen molar-refractivity contribution in [3.8, 4) is 22.8 Å². The van der Waals surface area contributed by atoms with E-state index in [1.165, 1.54) is 24.6 Å². The van der Waals surface area contributed by atoms with Crippen molar-refractivity contribution in [1.82, 2.24) is 9.97 Å². The molecule has 1 aliphatic rings. The Morgan fingerprint density at radius 1 is 0.909 bits per heavy atom. The summed E-state index contributed by atoms with van der Waals surface area (Å²) in [5.41, 5.74) is 1.72. The lowest BCUT2D eigenvalue weighted by Crippen LogP contribution is -2.23. The second kappa shape index (κ2) is 9.97. The van der Waals surface area contributed by atoms with E-state index in [9.17, 15) is 13.2 Å². The standard InChI is InChI=1S/C24H25F3N4O2/c1-32-19-11-6-10-18(14-19)28-22-15-21(16-7-5-12-20(13-16)33-24(25,26)27)30-23(31-22)29-17-8-3-2-4-9-17/h5-7,10-15,17H,2-4,8-9H2,1H3,(H2,28,29,30,31). The van der Waals surface area contributed by atoms with Gasteiger partial charge in [0.2, 0.25) is 5.95 Å². The van der Waals surface area contributed by atoms with Gasteiger partial charge < -0.3 is 20.1 Å². The molecule has 0 spiro atoms. The molecule has 1 aromatic heterocycles. The van der Waals surface area contributed by atoms with Gasteiger partial charge in [0.15, 0.2) is 0 Å². The zero-order valence-corrected chi connectivity index (χ0v) is 18.2. The monoisotopic (exact) mass is 458 g/mol. The van der Waals surface area contributed by atoms with Crippen molar-refractivity contribution in [2.75, 3.05) is 17.7 Å². The van der Waals surface area contributed by atoms with Gasteiger partial charge in [-0.3, -0.25) is 0 Å². The topological polar surface area (TPSA) is 68.3 Å². The van der Waals surface area contributed by atoms with Crippen molar-refractivity contribution in [2.24, 2.45) is 0 Å². The molecule has 0 radical (unpaired) electrons. The molecular weight excluding hydrogens is 433 g/mol. The average Bonchev–Trinajstić information content (AvgIpc) is 2.79. The van der Waals surface area contributed by atoms with Gasteiger partial charge in [0.05, 0.1) is 12.8 Å². The highest BCUT2D eigenvalue weighted by atomic mass is 19.4. The number of benzene rings is 2. The first kappa shape index (κ1) is 22.7. The van der Waals surface area contributed by atoms with Crippen LogP contribution in [0.1, 0.15) is 32.1 Å². The number of aromatic nitrogens is 2. The Morgan fingerprint density at radius 3 is 2.42 bits per heavy atom. The molecule has 1 saturated carbocycles. The minimum atomic E-state index is -4.77. The third kappa shape index (κ3) is 6.50. The van der Waals surface area contributed by atoms with Crippen molar-refractivity contribution in [2.45, 2.75) is 44.5 Å². The average molecular weight is 458 g/mol. The summed E-state index contributed by atoms with van der Waals surface area (Å²) in [5.74, 6) is 1.31. The molecule has 0 aliphatic heterocycles. The SMILES string of the molecule is COc1cccc(Nc2cc(-c3cccc(OC(F)(F)F)c3)nc(NC3CCCCC3)n2)c1. The predicted octanol–water partition coefficient (Wildman–Crippen LogP) is 6.54. The van der Waals surface area contributed by atoms with Crippen molar-refractivity contribution in [3.63, 3.8) is 0 Å². The second-order valence-corrected chi connectivity index (χ2v) is 7.87. The van der Waals surface area contributed by atoms with E-state index < -0.39 is 6.36 Å². The molecule has 33 heavy (non-hydrogen) atoms. The molecule has 6 nitrogen and oxygen atoms in total. The molecule has 2 aromatic carbocycles. The fourth-order valence-electron chi connectivity index (χ4n) is 3.85. The molecule has 9 heteroatoms.